The number of halogens is 2. The van der Waals surface area contributed by atoms with Gasteiger partial charge in [0.25, 0.3) is 0 Å². The fourth-order valence-corrected chi connectivity index (χ4v) is 3.52. The number of rotatable bonds is 4. The standard InChI is InChI=1S/C18H25FN4O2.ClH/c19-15-1-3-16(4-2-15)22-11-9-21(10-12-22)13-17(24)23-7-5-14(6-8-23)18(20)25;/h1-4,14H,5-13H2,(H2,20,25);1H. The molecule has 3 rings (SSSR count). The van der Waals surface area contributed by atoms with Crippen LogP contribution in [0.5, 0.6) is 0 Å². The molecule has 26 heavy (non-hydrogen) atoms. The minimum absolute atomic E-state index is 0. The summed E-state index contributed by atoms with van der Waals surface area (Å²) in [5, 5.41) is 0. The van der Waals surface area contributed by atoms with Crippen LogP contribution in [-0.2, 0) is 9.59 Å². The van der Waals surface area contributed by atoms with E-state index in [1.165, 1.54) is 12.1 Å². The van der Waals surface area contributed by atoms with Gasteiger partial charge in [-0.3, -0.25) is 14.5 Å². The van der Waals surface area contributed by atoms with Crippen molar-refractivity contribution in [3.8, 4) is 0 Å². The summed E-state index contributed by atoms with van der Waals surface area (Å²) in [7, 11) is 0. The molecule has 2 saturated heterocycles. The topological polar surface area (TPSA) is 69.9 Å². The minimum Gasteiger partial charge on any atom is -0.369 e. The van der Waals surface area contributed by atoms with Crippen LogP contribution < -0.4 is 10.6 Å². The summed E-state index contributed by atoms with van der Waals surface area (Å²) in [4.78, 5) is 29.8. The molecule has 1 aromatic rings. The first-order valence-corrected chi connectivity index (χ1v) is 8.83. The second-order valence-corrected chi connectivity index (χ2v) is 6.80. The number of carbonyl (C=O) groups excluding carboxylic acids is 2. The highest BCUT2D eigenvalue weighted by Gasteiger charge is 2.27. The predicted octanol–water partition coefficient (Wildman–Crippen LogP) is 1.09. The average Bonchev–Trinajstić information content (AvgIpc) is 2.63. The zero-order valence-corrected chi connectivity index (χ0v) is 15.6. The molecule has 0 unspecified atom stereocenters. The lowest BCUT2D eigenvalue weighted by Crippen LogP contribution is -2.51. The molecule has 2 aliphatic rings. The highest BCUT2D eigenvalue weighted by molar-refractivity contribution is 5.85. The van der Waals surface area contributed by atoms with Crippen LogP contribution in [0.1, 0.15) is 12.8 Å². The van der Waals surface area contributed by atoms with Crippen LogP contribution in [0.4, 0.5) is 10.1 Å². The molecular formula is C18H26ClFN4O2. The number of nitrogens with zero attached hydrogens (tertiary/aromatic N) is 3. The number of carbonyl (C=O) groups is 2. The molecule has 2 aliphatic heterocycles. The van der Waals surface area contributed by atoms with Crippen molar-refractivity contribution in [2.45, 2.75) is 12.8 Å². The Labute approximate surface area is 159 Å². The number of piperazine rings is 1. The highest BCUT2D eigenvalue weighted by atomic mass is 35.5. The van der Waals surface area contributed by atoms with Crippen LogP contribution in [0.15, 0.2) is 24.3 Å². The Balaban J connectivity index is 0.00000243. The summed E-state index contributed by atoms with van der Waals surface area (Å²) in [6, 6.07) is 6.53. The maximum absolute atomic E-state index is 13.0. The smallest absolute Gasteiger partial charge is 0.236 e. The Bertz CT molecular complexity index is 612. The van der Waals surface area contributed by atoms with Crippen molar-refractivity contribution in [2.75, 3.05) is 50.7 Å². The Hall–Kier alpha value is -1.86. The van der Waals surface area contributed by atoms with Gasteiger partial charge in [0.1, 0.15) is 5.82 Å². The summed E-state index contributed by atoms with van der Waals surface area (Å²) in [6.07, 6.45) is 1.33. The van der Waals surface area contributed by atoms with E-state index >= 15 is 0 Å². The number of likely N-dealkylation sites (tertiary alicyclic amines) is 1. The third kappa shape index (κ3) is 5.08. The average molecular weight is 385 g/mol. The summed E-state index contributed by atoms with van der Waals surface area (Å²) < 4.78 is 13.0. The molecule has 8 heteroatoms. The van der Waals surface area contributed by atoms with Gasteiger partial charge >= 0.3 is 0 Å². The Morgan fingerprint density at radius 2 is 1.58 bits per heavy atom. The highest BCUT2D eigenvalue weighted by Crippen LogP contribution is 2.19. The summed E-state index contributed by atoms with van der Waals surface area (Å²) in [5.74, 6) is -0.460. The lowest BCUT2D eigenvalue weighted by Gasteiger charge is -2.37. The molecule has 0 aliphatic carbocycles. The van der Waals surface area contributed by atoms with Crippen molar-refractivity contribution < 1.29 is 14.0 Å². The van der Waals surface area contributed by atoms with E-state index in [0.717, 1.165) is 31.9 Å². The molecule has 6 nitrogen and oxygen atoms in total. The molecule has 0 radical (unpaired) electrons. The van der Waals surface area contributed by atoms with E-state index in [1.54, 1.807) is 12.1 Å². The first-order chi connectivity index (χ1) is 12.0. The van der Waals surface area contributed by atoms with Crippen molar-refractivity contribution in [3.63, 3.8) is 0 Å². The Kier molecular flexibility index (Phi) is 7.23. The van der Waals surface area contributed by atoms with E-state index in [1.807, 2.05) is 4.90 Å². The number of benzene rings is 1. The van der Waals surface area contributed by atoms with Crippen molar-refractivity contribution in [3.05, 3.63) is 30.1 Å². The summed E-state index contributed by atoms with van der Waals surface area (Å²) in [5.41, 5.74) is 6.35. The first kappa shape index (κ1) is 20.5. The molecule has 0 atom stereocenters. The van der Waals surface area contributed by atoms with Gasteiger partial charge in [-0.15, -0.1) is 12.4 Å². The molecule has 0 saturated carbocycles. The second-order valence-electron chi connectivity index (χ2n) is 6.80. The maximum Gasteiger partial charge on any atom is 0.236 e. The molecule has 1 aromatic carbocycles. The zero-order valence-electron chi connectivity index (χ0n) is 14.8. The molecular weight excluding hydrogens is 359 g/mol. The van der Waals surface area contributed by atoms with E-state index in [-0.39, 0.29) is 36.0 Å². The molecule has 0 aromatic heterocycles. The molecule has 0 bridgehead atoms. The minimum atomic E-state index is -0.260. The molecule has 2 heterocycles. The largest absolute Gasteiger partial charge is 0.369 e. The van der Waals surface area contributed by atoms with Crippen molar-refractivity contribution in [1.29, 1.82) is 0 Å². The van der Waals surface area contributed by atoms with Gasteiger partial charge in [-0.2, -0.15) is 0 Å². The molecule has 0 spiro atoms. The number of amides is 2. The number of hydrogen-bond acceptors (Lipinski definition) is 4. The van der Waals surface area contributed by atoms with Gasteiger partial charge in [0.15, 0.2) is 0 Å². The van der Waals surface area contributed by atoms with Crippen LogP contribution in [0.3, 0.4) is 0 Å². The van der Waals surface area contributed by atoms with Crippen LogP contribution in [0.25, 0.3) is 0 Å². The van der Waals surface area contributed by atoms with Gasteiger partial charge in [0.2, 0.25) is 11.8 Å². The van der Waals surface area contributed by atoms with Gasteiger partial charge in [-0.05, 0) is 37.1 Å². The van der Waals surface area contributed by atoms with Gasteiger partial charge in [-0.1, -0.05) is 0 Å². The van der Waals surface area contributed by atoms with Gasteiger partial charge in [0.05, 0.1) is 6.54 Å². The van der Waals surface area contributed by atoms with Crippen LogP contribution in [-0.4, -0.2) is 67.4 Å². The van der Waals surface area contributed by atoms with Crippen molar-refractivity contribution in [2.24, 2.45) is 11.7 Å². The molecule has 2 N–H and O–H groups in total. The lowest BCUT2D eigenvalue weighted by atomic mass is 9.96. The van der Waals surface area contributed by atoms with Crippen molar-refractivity contribution in [1.82, 2.24) is 9.80 Å². The third-order valence-corrected chi connectivity index (χ3v) is 5.17. The van der Waals surface area contributed by atoms with E-state index in [0.29, 0.717) is 32.5 Å². The van der Waals surface area contributed by atoms with Crippen LogP contribution in [0, 0.1) is 11.7 Å². The molecule has 2 amide bonds. The molecule has 144 valence electrons. The summed E-state index contributed by atoms with van der Waals surface area (Å²) >= 11 is 0. The maximum atomic E-state index is 13.0. The number of primary amides is 1. The first-order valence-electron chi connectivity index (χ1n) is 8.83. The second kappa shape index (κ2) is 9.19. The predicted molar refractivity (Wildman–Crippen MR) is 101 cm³/mol. The Morgan fingerprint density at radius 3 is 2.12 bits per heavy atom. The SMILES string of the molecule is Cl.NC(=O)C1CCN(C(=O)CN2CCN(c3ccc(F)cc3)CC2)CC1. The Morgan fingerprint density at radius 1 is 1.00 bits per heavy atom. The fourth-order valence-electron chi connectivity index (χ4n) is 3.52. The van der Waals surface area contributed by atoms with Gasteiger partial charge < -0.3 is 15.5 Å². The zero-order chi connectivity index (χ0) is 17.8. The number of piperidine rings is 1. The normalized spacial score (nSPS) is 19.1. The van der Waals surface area contributed by atoms with E-state index in [9.17, 15) is 14.0 Å². The van der Waals surface area contributed by atoms with Gasteiger partial charge in [-0.25, -0.2) is 4.39 Å². The third-order valence-electron chi connectivity index (χ3n) is 5.17. The fraction of sp³-hybridized carbons (Fsp3) is 0.556. The number of anilines is 1. The van der Waals surface area contributed by atoms with Crippen LogP contribution >= 0.6 is 12.4 Å². The van der Waals surface area contributed by atoms with E-state index < -0.39 is 0 Å². The van der Waals surface area contributed by atoms with Crippen LogP contribution in [0.2, 0.25) is 0 Å². The number of nitrogens with two attached hydrogens (primary N) is 1. The van der Waals surface area contributed by atoms with Crippen molar-refractivity contribution >= 4 is 29.9 Å². The van der Waals surface area contributed by atoms with E-state index in [4.69, 9.17) is 5.73 Å². The molecule has 2 fully saturated rings. The lowest BCUT2D eigenvalue weighted by molar-refractivity contribution is -0.136. The monoisotopic (exact) mass is 384 g/mol. The van der Waals surface area contributed by atoms with Gasteiger partial charge in [0, 0.05) is 50.9 Å². The van der Waals surface area contributed by atoms with E-state index in [2.05, 4.69) is 9.80 Å². The summed E-state index contributed by atoms with van der Waals surface area (Å²) in [6.45, 7) is 4.90. The number of hydrogen-bond donors (Lipinski definition) is 1. The quantitative estimate of drug-likeness (QED) is 0.843.